The fourth-order valence-electron chi connectivity index (χ4n) is 3.09. The summed E-state index contributed by atoms with van der Waals surface area (Å²) in [4.78, 5) is 17.0. The summed E-state index contributed by atoms with van der Waals surface area (Å²) >= 11 is 0. The number of benzene rings is 1. The van der Waals surface area contributed by atoms with Gasteiger partial charge in [-0.1, -0.05) is 12.1 Å². The summed E-state index contributed by atoms with van der Waals surface area (Å²) < 4.78 is 0. The molecule has 4 nitrogen and oxygen atoms in total. The minimum Gasteiger partial charge on any atom is -0.371 e. The highest BCUT2D eigenvalue weighted by Gasteiger charge is 2.40. The lowest BCUT2D eigenvalue weighted by molar-refractivity contribution is -0.123. The number of fused-ring (bicyclic) bond motifs is 1. The summed E-state index contributed by atoms with van der Waals surface area (Å²) in [5.74, 6) is 0.213. The third-order valence-corrected chi connectivity index (χ3v) is 4.33. The van der Waals surface area contributed by atoms with Crippen molar-refractivity contribution in [3.63, 3.8) is 0 Å². The Morgan fingerprint density at radius 1 is 1.26 bits per heavy atom. The van der Waals surface area contributed by atoms with E-state index in [4.69, 9.17) is 0 Å². The molecule has 1 amide bonds. The molecule has 0 saturated carbocycles. The number of amides is 1. The highest BCUT2D eigenvalue weighted by molar-refractivity contribution is 6.03. The number of carbonyl (C=O) groups is 1. The number of hydrogen-bond acceptors (Lipinski definition) is 3. The first-order valence-electron chi connectivity index (χ1n) is 6.99. The van der Waals surface area contributed by atoms with E-state index in [2.05, 4.69) is 23.3 Å². The molecular weight excluding hydrogens is 238 g/mol. The molecule has 0 aromatic heterocycles. The van der Waals surface area contributed by atoms with Crippen molar-refractivity contribution in [1.82, 2.24) is 5.32 Å². The standard InChI is InChI=1S/C15H21N3O/c1-15(8-5-9-16-15)14(19)18-11-10-17(2)12-6-3-4-7-13(12)18/h3-4,6-7,16H,5,8-11H2,1-2H3. The second-order valence-electron chi connectivity index (χ2n) is 5.73. The van der Waals surface area contributed by atoms with Gasteiger partial charge in [0.05, 0.1) is 16.9 Å². The van der Waals surface area contributed by atoms with E-state index in [-0.39, 0.29) is 11.4 Å². The summed E-state index contributed by atoms with van der Waals surface area (Å²) in [5.41, 5.74) is 1.79. The molecule has 1 aromatic rings. The van der Waals surface area contributed by atoms with E-state index >= 15 is 0 Å². The molecule has 2 heterocycles. The van der Waals surface area contributed by atoms with Gasteiger partial charge in [0.1, 0.15) is 0 Å². The van der Waals surface area contributed by atoms with Crippen LogP contribution in [-0.4, -0.2) is 38.1 Å². The number of anilines is 2. The van der Waals surface area contributed by atoms with Crippen LogP contribution < -0.4 is 15.1 Å². The number of hydrogen-bond donors (Lipinski definition) is 1. The average molecular weight is 259 g/mol. The van der Waals surface area contributed by atoms with Crippen molar-refractivity contribution < 1.29 is 4.79 Å². The Kier molecular flexibility index (Phi) is 2.97. The first-order chi connectivity index (χ1) is 9.12. The zero-order chi connectivity index (χ0) is 13.5. The molecule has 3 rings (SSSR count). The Balaban J connectivity index is 1.94. The molecule has 1 fully saturated rings. The average Bonchev–Trinajstić information content (AvgIpc) is 2.87. The molecule has 1 aromatic carbocycles. The van der Waals surface area contributed by atoms with Crippen LogP contribution in [0.2, 0.25) is 0 Å². The summed E-state index contributed by atoms with van der Waals surface area (Å²) in [6, 6.07) is 8.15. The fraction of sp³-hybridized carbons (Fsp3) is 0.533. The van der Waals surface area contributed by atoms with Crippen molar-refractivity contribution in [2.45, 2.75) is 25.3 Å². The normalized spacial score (nSPS) is 26.4. The molecule has 0 aliphatic carbocycles. The molecular formula is C15H21N3O. The Bertz CT molecular complexity index is 494. The van der Waals surface area contributed by atoms with Gasteiger partial charge in [-0.05, 0) is 38.4 Å². The zero-order valence-electron chi connectivity index (χ0n) is 11.6. The van der Waals surface area contributed by atoms with E-state index < -0.39 is 0 Å². The lowest BCUT2D eigenvalue weighted by Gasteiger charge is -2.39. The number of nitrogens with zero attached hydrogens (tertiary/aromatic N) is 2. The van der Waals surface area contributed by atoms with Gasteiger partial charge in [-0.15, -0.1) is 0 Å². The second kappa shape index (κ2) is 4.53. The van der Waals surface area contributed by atoms with Crippen LogP contribution in [0.1, 0.15) is 19.8 Å². The quantitative estimate of drug-likeness (QED) is 0.832. The number of nitrogens with one attached hydrogen (secondary N) is 1. The minimum absolute atomic E-state index is 0.213. The van der Waals surface area contributed by atoms with Gasteiger partial charge in [0.15, 0.2) is 0 Å². The van der Waals surface area contributed by atoms with Gasteiger partial charge in [-0.2, -0.15) is 0 Å². The molecule has 0 bridgehead atoms. The Morgan fingerprint density at radius 3 is 2.68 bits per heavy atom. The van der Waals surface area contributed by atoms with Crippen molar-refractivity contribution >= 4 is 17.3 Å². The third kappa shape index (κ3) is 2.00. The predicted molar refractivity (Wildman–Crippen MR) is 77.7 cm³/mol. The number of para-hydroxylation sites is 2. The largest absolute Gasteiger partial charge is 0.371 e. The molecule has 4 heteroatoms. The van der Waals surface area contributed by atoms with Gasteiger partial charge in [-0.25, -0.2) is 0 Å². The topological polar surface area (TPSA) is 35.6 Å². The van der Waals surface area contributed by atoms with Crippen LogP contribution in [0.3, 0.4) is 0 Å². The van der Waals surface area contributed by atoms with E-state index in [1.54, 1.807) is 0 Å². The van der Waals surface area contributed by atoms with E-state index in [0.29, 0.717) is 0 Å². The Labute approximate surface area is 114 Å². The zero-order valence-corrected chi connectivity index (χ0v) is 11.6. The number of carbonyl (C=O) groups excluding carboxylic acids is 1. The Morgan fingerprint density at radius 2 is 2.00 bits per heavy atom. The van der Waals surface area contributed by atoms with Crippen LogP contribution >= 0.6 is 0 Å². The van der Waals surface area contributed by atoms with E-state index in [9.17, 15) is 4.79 Å². The van der Waals surface area contributed by atoms with Gasteiger partial charge in [0.25, 0.3) is 0 Å². The van der Waals surface area contributed by atoms with E-state index in [1.807, 2.05) is 30.0 Å². The van der Waals surface area contributed by atoms with Crippen LogP contribution in [0.15, 0.2) is 24.3 Å². The smallest absolute Gasteiger partial charge is 0.247 e. The molecule has 1 atom stereocenters. The van der Waals surface area contributed by atoms with Crippen LogP contribution in [0, 0.1) is 0 Å². The lowest BCUT2D eigenvalue weighted by atomic mass is 9.97. The van der Waals surface area contributed by atoms with Crippen molar-refractivity contribution in [2.75, 3.05) is 36.5 Å². The summed E-state index contributed by atoms with van der Waals surface area (Å²) in [7, 11) is 2.08. The van der Waals surface area contributed by atoms with Crippen LogP contribution in [0.5, 0.6) is 0 Å². The predicted octanol–water partition coefficient (Wildman–Crippen LogP) is 1.61. The van der Waals surface area contributed by atoms with Crippen molar-refractivity contribution in [3.05, 3.63) is 24.3 Å². The molecule has 1 unspecified atom stereocenters. The number of likely N-dealkylation sites (N-methyl/N-ethyl adjacent to an activating group) is 1. The van der Waals surface area contributed by atoms with Gasteiger partial charge < -0.3 is 15.1 Å². The van der Waals surface area contributed by atoms with Crippen LogP contribution in [0.4, 0.5) is 11.4 Å². The minimum atomic E-state index is -0.386. The maximum absolute atomic E-state index is 12.8. The van der Waals surface area contributed by atoms with E-state index in [0.717, 1.165) is 43.9 Å². The Hall–Kier alpha value is -1.55. The molecule has 1 N–H and O–H groups in total. The molecule has 0 spiro atoms. The van der Waals surface area contributed by atoms with Gasteiger partial charge in [-0.3, -0.25) is 4.79 Å². The van der Waals surface area contributed by atoms with Crippen LogP contribution in [-0.2, 0) is 4.79 Å². The highest BCUT2D eigenvalue weighted by atomic mass is 16.2. The molecule has 19 heavy (non-hydrogen) atoms. The van der Waals surface area contributed by atoms with Crippen molar-refractivity contribution in [3.8, 4) is 0 Å². The lowest BCUT2D eigenvalue weighted by Crippen LogP contribution is -2.55. The van der Waals surface area contributed by atoms with E-state index in [1.165, 1.54) is 0 Å². The maximum Gasteiger partial charge on any atom is 0.247 e. The fourth-order valence-corrected chi connectivity index (χ4v) is 3.09. The van der Waals surface area contributed by atoms with Crippen LogP contribution in [0.25, 0.3) is 0 Å². The van der Waals surface area contributed by atoms with Gasteiger partial charge in [0, 0.05) is 20.1 Å². The molecule has 1 saturated heterocycles. The number of rotatable bonds is 1. The maximum atomic E-state index is 12.8. The third-order valence-electron chi connectivity index (χ3n) is 4.33. The van der Waals surface area contributed by atoms with Gasteiger partial charge in [0.2, 0.25) is 5.91 Å². The summed E-state index contributed by atoms with van der Waals surface area (Å²) in [5, 5.41) is 3.37. The second-order valence-corrected chi connectivity index (χ2v) is 5.73. The molecule has 2 aliphatic rings. The first-order valence-corrected chi connectivity index (χ1v) is 6.99. The van der Waals surface area contributed by atoms with Crippen molar-refractivity contribution in [2.24, 2.45) is 0 Å². The van der Waals surface area contributed by atoms with Crippen molar-refractivity contribution in [1.29, 1.82) is 0 Å². The van der Waals surface area contributed by atoms with Gasteiger partial charge >= 0.3 is 0 Å². The molecule has 2 aliphatic heterocycles. The summed E-state index contributed by atoms with van der Waals surface area (Å²) in [6.45, 7) is 4.63. The summed E-state index contributed by atoms with van der Waals surface area (Å²) in [6.07, 6.45) is 2.01. The highest BCUT2D eigenvalue weighted by Crippen LogP contribution is 2.34. The molecule has 0 radical (unpaired) electrons. The first kappa shape index (κ1) is 12.5. The SMILES string of the molecule is CN1CCN(C(=O)C2(C)CCCN2)c2ccccc21. The monoisotopic (exact) mass is 259 g/mol. The molecule has 102 valence electrons.